The summed E-state index contributed by atoms with van der Waals surface area (Å²) < 4.78 is 44.4. The number of carbonyl (C=O) groups is 1. The second-order valence-corrected chi connectivity index (χ2v) is 17.0. The number of aromatic nitrogens is 2. The molecule has 313 valence electrons. The number of alkyl halides is 3. The van der Waals surface area contributed by atoms with E-state index >= 15 is 0 Å². The van der Waals surface area contributed by atoms with Crippen LogP contribution in [0.5, 0.6) is 0 Å². The van der Waals surface area contributed by atoms with Gasteiger partial charge in [-0.15, -0.1) is 29.1 Å². The van der Waals surface area contributed by atoms with Gasteiger partial charge in [0.25, 0.3) is 0 Å². The number of hydrogen-bond acceptors (Lipinski definition) is 3. The third kappa shape index (κ3) is 8.42. The Balaban J connectivity index is 0.000000315. The van der Waals surface area contributed by atoms with Crippen molar-refractivity contribution in [2.24, 2.45) is 17.3 Å². The zero-order chi connectivity index (χ0) is 41.4. The van der Waals surface area contributed by atoms with Gasteiger partial charge in [-0.3, -0.25) is 9.78 Å². The van der Waals surface area contributed by atoms with Gasteiger partial charge in [-0.2, -0.15) is 13.2 Å². The number of nitrogens with zero attached hydrogens (tertiary/aromatic N) is 2. The number of pyridine rings is 1. The molecule has 0 atom stereocenters. The van der Waals surface area contributed by atoms with Crippen molar-refractivity contribution in [2.45, 2.75) is 118 Å². The van der Waals surface area contributed by atoms with Crippen molar-refractivity contribution in [1.82, 2.24) is 9.38 Å². The first kappa shape index (κ1) is 44.3. The van der Waals surface area contributed by atoms with Crippen LogP contribution in [0.25, 0.3) is 60.1 Å². The molecule has 59 heavy (non-hydrogen) atoms. The number of ketones is 1. The van der Waals surface area contributed by atoms with Crippen LogP contribution in [0.4, 0.5) is 13.2 Å². The van der Waals surface area contributed by atoms with E-state index in [0.717, 1.165) is 86.0 Å². The molecule has 1 fully saturated rings. The van der Waals surface area contributed by atoms with Crippen LogP contribution in [0.2, 0.25) is 0 Å². The predicted molar refractivity (Wildman–Crippen MR) is 234 cm³/mol. The maximum absolute atomic E-state index is 14.0. The van der Waals surface area contributed by atoms with Gasteiger partial charge < -0.3 is 9.51 Å². The minimum atomic E-state index is -4.31. The number of hydrogen-bond donors (Lipinski definition) is 1. The average molecular weight is 978 g/mol. The fraction of sp³-hybridized carbons (Fsp3) is 0.412. The van der Waals surface area contributed by atoms with Gasteiger partial charge >= 0.3 is 6.18 Å². The summed E-state index contributed by atoms with van der Waals surface area (Å²) in [6.45, 7) is 10.7. The molecule has 8 heteroatoms. The summed E-state index contributed by atoms with van der Waals surface area (Å²) in [4.78, 5) is 16.7. The summed E-state index contributed by atoms with van der Waals surface area (Å²) in [5, 5.41) is 16.1. The van der Waals surface area contributed by atoms with Gasteiger partial charge in [-0.25, -0.2) is 0 Å². The zero-order valence-corrected chi connectivity index (χ0v) is 37.5. The maximum atomic E-state index is 14.0. The molecule has 8 rings (SSSR count). The van der Waals surface area contributed by atoms with Crippen LogP contribution in [0.15, 0.2) is 90.8 Å². The van der Waals surface area contributed by atoms with E-state index in [4.69, 9.17) is 4.98 Å². The molecule has 0 unspecified atom stereocenters. The molecule has 0 spiro atoms. The molecular weight excluding hydrogens is 922 g/mol. The minimum Gasteiger partial charge on any atom is -0.512 e. The van der Waals surface area contributed by atoms with Gasteiger partial charge in [0, 0.05) is 77.0 Å². The van der Waals surface area contributed by atoms with Crippen molar-refractivity contribution in [1.29, 1.82) is 0 Å². The van der Waals surface area contributed by atoms with Gasteiger partial charge in [0.05, 0.1) is 22.2 Å². The second kappa shape index (κ2) is 18.2. The van der Waals surface area contributed by atoms with E-state index in [1.54, 1.807) is 0 Å². The van der Waals surface area contributed by atoms with E-state index in [1.165, 1.54) is 63.0 Å². The fourth-order valence-corrected chi connectivity index (χ4v) is 9.35. The molecule has 0 saturated heterocycles. The van der Waals surface area contributed by atoms with Crippen LogP contribution >= 0.6 is 0 Å². The van der Waals surface area contributed by atoms with Crippen LogP contribution in [0.1, 0.15) is 116 Å². The van der Waals surface area contributed by atoms with Crippen LogP contribution in [0, 0.1) is 23.3 Å². The van der Waals surface area contributed by atoms with E-state index in [0.29, 0.717) is 5.92 Å². The standard InChI is InChI=1S/C38H32F3N2.C13H24O2.Ir/c1-37(2,38(39,40)41)22-25-16-17-28-29-18-19-42-34(36(29)43-32-15-9-8-14-30(32)33(25)35(28)43)26-20-24-12-6-7-13-27(24)31(21-26)23-10-4-3-5-11-23;1-5-10(6-2)12(14)9-13(15)11(7-3)8-4;/h6-9,12-19,21,23H,3-5,10-11,22H2,1-2H3;9-11,14H,5-8H2,1-4H3;/q-1;;/b;12-9-;. The number of benzene rings is 4. The maximum Gasteiger partial charge on any atom is 0.394 e. The van der Waals surface area contributed by atoms with Crippen molar-refractivity contribution in [3.63, 3.8) is 0 Å². The van der Waals surface area contributed by atoms with Gasteiger partial charge in [0.15, 0.2) is 5.78 Å². The Hall–Kier alpha value is -4.26. The molecule has 1 N–H and O–H groups in total. The van der Waals surface area contributed by atoms with Crippen molar-refractivity contribution in [3.05, 3.63) is 108 Å². The molecule has 7 aromatic rings. The number of para-hydroxylation sites is 1. The van der Waals surface area contributed by atoms with Crippen LogP contribution in [-0.2, 0) is 31.3 Å². The minimum absolute atomic E-state index is 0. The molecule has 3 aromatic heterocycles. The van der Waals surface area contributed by atoms with Gasteiger partial charge in [0.2, 0.25) is 0 Å². The van der Waals surface area contributed by atoms with Crippen LogP contribution in [-0.4, -0.2) is 26.5 Å². The van der Waals surface area contributed by atoms with Crippen LogP contribution in [0.3, 0.4) is 0 Å². The van der Waals surface area contributed by atoms with E-state index in [-0.39, 0.29) is 49.9 Å². The van der Waals surface area contributed by atoms with Crippen molar-refractivity contribution in [2.75, 3.05) is 0 Å². The number of carbonyl (C=O) groups excluding carboxylic acids is 1. The molecule has 3 heterocycles. The largest absolute Gasteiger partial charge is 0.512 e. The Morgan fingerprint density at radius 3 is 2.12 bits per heavy atom. The van der Waals surface area contributed by atoms with Crippen molar-refractivity contribution < 1.29 is 43.2 Å². The molecule has 0 amide bonds. The second-order valence-electron chi connectivity index (χ2n) is 17.0. The monoisotopic (exact) mass is 978 g/mol. The summed E-state index contributed by atoms with van der Waals surface area (Å²) in [7, 11) is 0. The van der Waals surface area contributed by atoms with E-state index in [1.807, 2.05) is 70.3 Å². The normalized spacial score (nSPS) is 14.5. The van der Waals surface area contributed by atoms with E-state index in [9.17, 15) is 23.1 Å². The van der Waals surface area contributed by atoms with Crippen molar-refractivity contribution in [3.8, 4) is 11.3 Å². The Bertz CT molecular complexity index is 2590. The molecule has 4 aromatic carbocycles. The summed E-state index contributed by atoms with van der Waals surface area (Å²) >= 11 is 0. The average Bonchev–Trinajstić information content (AvgIpc) is 3.74. The summed E-state index contributed by atoms with van der Waals surface area (Å²) in [5.74, 6) is 1.06. The number of allylic oxidation sites excluding steroid dienone is 2. The summed E-state index contributed by atoms with van der Waals surface area (Å²) in [6.07, 6.45) is 8.56. The Labute approximate surface area is 360 Å². The zero-order valence-electron chi connectivity index (χ0n) is 35.1. The topological polar surface area (TPSA) is 54.6 Å². The van der Waals surface area contributed by atoms with Gasteiger partial charge in [-0.05, 0) is 68.6 Å². The first-order chi connectivity index (χ1) is 27.8. The quantitative estimate of drug-likeness (QED) is 0.0798. The third-order valence-electron chi connectivity index (χ3n) is 12.9. The Morgan fingerprint density at radius 2 is 1.46 bits per heavy atom. The number of rotatable bonds is 11. The SMILES string of the molecule is CC(C)(Cc1ccc2c3ccnc(-c4[c-]c5ccccc5c(C5CCCCC5)c4)c3n3c4ccccc4c1c23)C(F)(F)F.CCC(CC)C(=O)/C=C(\O)C(CC)CC.[Ir]. The molecule has 1 radical (unpaired) electrons. The Kier molecular flexibility index (Phi) is 13.6. The van der Waals surface area contributed by atoms with Gasteiger partial charge in [-0.1, -0.05) is 120 Å². The molecule has 0 aliphatic heterocycles. The first-order valence-electron chi connectivity index (χ1n) is 21.3. The number of fused-ring (bicyclic) bond motifs is 7. The smallest absolute Gasteiger partial charge is 0.394 e. The number of halogens is 3. The molecule has 1 aliphatic rings. The number of aliphatic hydroxyl groups excluding tert-OH is 1. The third-order valence-corrected chi connectivity index (χ3v) is 12.9. The molecule has 4 nitrogen and oxygen atoms in total. The predicted octanol–water partition coefficient (Wildman–Crippen LogP) is 14.9. The molecule has 1 aliphatic carbocycles. The van der Waals surface area contributed by atoms with Crippen molar-refractivity contribution >= 4 is 54.7 Å². The molecule has 0 bridgehead atoms. The van der Waals surface area contributed by atoms with E-state index in [2.05, 4.69) is 46.9 Å². The van der Waals surface area contributed by atoms with Crippen LogP contribution < -0.4 is 0 Å². The number of aliphatic hydroxyl groups is 1. The van der Waals surface area contributed by atoms with Gasteiger partial charge in [0.1, 0.15) is 0 Å². The summed E-state index contributed by atoms with van der Waals surface area (Å²) in [6, 6.07) is 28.6. The molecular formula is C51H56F3IrN2O2-. The first-order valence-corrected chi connectivity index (χ1v) is 21.3. The van der Waals surface area contributed by atoms with E-state index < -0.39 is 11.6 Å². The Morgan fingerprint density at radius 1 is 0.831 bits per heavy atom. The molecule has 1 saturated carbocycles. The summed E-state index contributed by atoms with van der Waals surface area (Å²) in [5.41, 5.74) is 5.00. The fourth-order valence-electron chi connectivity index (χ4n) is 9.35.